The maximum atomic E-state index is 11.3. The normalized spacial score (nSPS) is 15.2. The lowest BCUT2D eigenvalue weighted by atomic mass is 9.95. The second-order valence-electron chi connectivity index (χ2n) is 9.37. The number of rotatable bonds is 7. The van der Waals surface area contributed by atoms with Gasteiger partial charge in [-0.2, -0.15) is 5.26 Å². The zero-order chi connectivity index (χ0) is 26.6. The number of piperidine rings is 1. The first-order valence-corrected chi connectivity index (χ1v) is 12.4. The van der Waals surface area contributed by atoms with Crippen LogP contribution in [0.15, 0.2) is 54.7 Å². The van der Waals surface area contributed by atoms with Gasteiger partial charge >= 0.3 is 5.97 Å². The minimum atomic E-state index is -0.710. The van der Waals surface area contributed by atoms with Crippen LogP contribution in [0.4, 0.5) is 5.95 Å². The SMILES string of the molecule is C[C@H](c1cccc(Cn2cc(-c3cc(-c4cccc(C#N)c4)nc(N)n3)nn2)n1)N1CCC(C(=O)O)CC1. The second kappa shape index (κ2) is 10.7. The fourth-order valence-electron chi connectivity index (χ4n) is 4.69. The number of pyridine rings is 1. The zero-order valence-corrected chi connectivity index (χ0v) is 20.9. The summed E-state index contributed by atoms with van der Waals surface area (Å²) in [6.45, 7) is 4.00. The molecule has 1 fully saturated rings. The summed E-state index contributed by atoms with van der Waals surface area (Å²) < 4.78 is 1.69. The number of nitrogens with two attached hydrogens (primary N) is 1. The molecule has 38 heavy (non-hydrogen) atoms. The Hall–Kier alpha value is -4.69. The molecule has 1 aromatic carbocycles. The maximum absolute atomic E-state index is 11.3. The number of carbonyl (C=O) groups is 1. The van der Waals surface area contributed by atoms with Gasteiger partial charge in [-0.1, -0.05) is 23.4 Å². The highest BCUT2D eigenvalue weighted by atomic mass is 16.4. The number of hydrogen-bond donors (Lipinski definition) is 2. The fourth-order valence-corrected chi connectivity index (χ4v) is 4.69. The first kappa shape index (κ1) is 25.0. The van der Waals surface area contributed by atoms with Gasteiger partial charge in [0.15, 0.2) is 0 Å². The molecule has 5 rings (SSSR count). The summed E-state index contributed by atoms with van der Waals surface area (Å²) in [5.74, 6) is -0.868. The Balaban J connectivity index is 1.31. The maximum Gasteiger partial charge on any atom is 0.306 e. The highest BCUT2D eigenvalue weighted by Crippen LogP contribution is 2.27. The van der Waals surface area contributed by atoms with Crippen molar-refractivity contribution in [1.82, 2.24) is 34.8 Å². The van der Waals surface area contributed by atoms with E-state index in [0.29, 0.717) is 42.0 Å². The molecule has 0 aliphatic carbocycles. The van der Waals surface area contributed by atoms with E-state index in [2.05, 4.69) is 38.2 Å². The van der Waals surface area contributed by atoms with Crippen molar-refractivity contribution in [3.8, 4) is 28.7 Å². The average molecular weight is 510 g/mol. The Kier molecular flexibility index (Phi) is 7.06. The molecule has 11 nitrogen and oxygen atoms in total. The molecule has 1 atom stereocenters. The Morgan fingerprint density at radius 2 is 1.87 bits per heavy atom. The predicted octanol–water partition coefficient (Wildman–Crippen LogP) is 3.16. The molecule has 11 heteroatoms. The summed E-state index contributed by atoms with van der Waals surface area (Å²) in [5.41, 5.74) is 10.7. The van der Waals surface area contributed by atoms with E-state index in [1.807, 2.05) is 24.3 Å². The van der Waals surface area contributed by atoms with Gasteiger partial charge in [0.25, 0.3) is 0 Å². The van der Waals surface area contributed by atoms with E-state index in [1.165, 1.54) is 0 Å². The Morgan fingerprint density at radius 3 is 2.63 bits per heavy atom. The van der Waals surface area contributed by atoms with Crippen molar-refractivity contribution < 1.29 is 9.90 Å². The Morgan fingerprint density at radius 1 is 1.11 bits per heavy atom. The van der Waals surface area contributed by atoms with Crippen LogP contribution in [-0.2, 0) is 11.3 Å². The van der Waals surface area contributed by atoms with Gasteiger partial charge in [0.2, 0.25) is 5.95 Å². The topological polar surface area (TPSA) is 160 Å². The monoisotopic (exact) mass is 509 g/mol. The number of aliphatic carboxylic acids is 1. The summed E-state index contributed by atoms with van der Waals surface area (Å²) in [5, 5.41) is 27.0. The van der Waals surface area contributed by atoms with Crippen LogP contribution in [0.2, 0.25) is 0 Å². The van der Waals surface area contributed by atoms with E-state index in [9.17, 15) is 15.2 Å². The number of benzene rings is 1. The van der Waals surface area contributed by atoms with Crippen LogP contribution in [-0.4, -0.2) is 59.0 Å². The standard InChI is InChI=1S/C27H27N9O2/c1-17(35-10-8-19(9-11-35)26(37)38)22-7-3-6-21(30-22)15-36-16-25(33-34-36)24-13-23(31-27(29)32-24)20-5-2-4-18(12-20)14-28/h2-7,12-13,16-17,19H,8-11,15H2,1H3,(H,37,38)(H2,29,31,32)/t17-/m1/s1. The lowest BCUT2D eigenvalue weighted by molar-refractivity contribution is -0.143. The number of aromatic nitrogens is 6. The number of anilines is 1. The van der Waals surface area contributed by atoms with Crippen LogP contribution in [0.3, 0.4) is 0 Å². The molecule has 3 N–H and O–H groups in total. The van der Waals surface area contributed by atoms with Crippen molar-refractivity contribution >= 4 is 11.9 Å². The van der Waals surface area contributed by atoms with Crippen LogP contribution in [0, 0.1) is 17.2 Å². The van der Waals surface area contributed by atoms with Gasteiger partial charge in [-0.3, -0.25) is 14.7 Å². The van der Waals surface area contributed by atoms with Gasteiger partial charge < -0.3 is 10.8 Å². The predicted molar refractivity (Wildman–Crippen MR) is 139 cm³/mol. The van der Waals surface area contributed by atoms with Crippen LogP contribution < -0.4 is 5.73 Å². The van der Waals surface area contributed by atoms with Crippen molar-refractivity contribution in [3.63, 3.8) is 0 Å². The highest BCUT2D eigenvalue weighted by Gasteiger charge is 2.27. The number of carboxylic acid groups (broad SMARTS) is 1. The van der Waals surface area contributed by atoms with Crippen molar-refractivity contribution in [2.45, 2.75) is 32.4 Å². The van der Waals surface area contributed by atoms with Gasteiger partial charge in [0.05, 0.1) is 53.1 Å². The number of nitrogen functional groups attached to an aromatic ring is 1. The molecule has 0 saturated carbocycles. The molecule has 0 radical (unpaired) electrons. The molecule has 0 unspecified atom stereocenters. The number of carboxylic acids is 1. The van der Waals surface area contributed by atoms with Gasteiger partial charge in [0.1, 0.15) is 5.69 Å². The summed E-state index contributed by atoms with van der Waals surface area (Å²) in [6.07, 6.45) is 3.09. The second-order valence-corrected chi connectivity index (χ2v) is 9.37. The molecule has 1 saturated heterocycles. The Bertz CT molecular complexity index is 1500. The van der Waals surface area contributed by atoms with Crippen LogP contribution in [0.1, 0.15) is 42.8 Å². The lowest BCUT2D eigenvalue weighted by Gasteiger charge is -2.34. The summed E-state index contributed by atoms with van der Waals surface area (Å²) in [4.78, 5) is 27.0. The minimum absolute atomic E-state index is 0.0814. The molecule has 1 aliphatic heterocycles. The molecular formula is C27H27N9O2. The van der Waals surface area contributed by atoms with E-state index in [4.69, 9.17) is 10.7 Å². The first-order chi connectivity index (χ1) is 18.4. The average Bonchev–Trinajstić information content (AvgIpc) is 3.41. The molecule has 3 aromatic heterocycles. The van der Waals surface area contributed by atoms with Crippen LogP contribution in [0.5, 0.6) is 0 Å². The third-order valence-electron chi connectivity index (χ3n) is 6.84. The lowest BCUT2D eigenvalue weighted by Crippen LogP contribution is -2.38. The minimum Gasteiger partial charge on any atom is -0.481 e. The smallest absolute Gasteiger partial charge is 0.306 e. The van der Waals surface area contributed by atoms with Crippen molar-refractivity contribution in [3.05, 3.63) is 71.7 Å². The van der Waals surface area contributed by atoms with Gasteiger partial charge in [-0.15, -0.1) is 5.10 Å². The zero-order valence-electron chi connectivity index (χ0n) is 20.9. The quantitative estimate of drug-likeness (QED) is 0.379. The van der Waals surface area contributed by atoms with E-state index in [1.54, 1.807) is 35.1 Å². The van der Waals surface area contributed by atoms with E-state index < -0.39 is 5.97 Å². The van der Waals surface area contributed by atoms with Crippen molar-refractivity contribution in [2.24, 2.45) is 5.92 Å². The van der Waals surface area contributed by atoms with Crippen LogP contribution in [0.25, 0.3) is 22.6 Å². The van der Waals surface area contributed by atoms with Gasteiger partial charge in [-0.05, 0) is 63.2 Å². The number of hydrogen-bond acceptors (Lipinski definition) is 9. The van der Waals surface area contributed by atoms with Gasteiger partial charge in [0, 0.05) is 11.6 Å². The fraction of sp³-hybridized carbons (Fsp3) is 0.296. The number of likely N-dealkylation sites (tertiary alicyclic amines) is 1. The van der Waals surface area contributed by atoms with Crippen LogP contribution >= 0.6 is 0 Å². The van der Waals surface area contributed by atoms with Gasteiger partial charge in [-0.25, -0.2) is 14.6 Å². The molecule has 0 bridgehead atoms. The third kappa shape index (κ3) is 5.50. The van der Waals surface area contributed by atoms with E-state index >= 15 is 0 Å². The highest BCUT2D eigenvalue weighted by molar-refractivity contribution is 5.70. The summed E-state index contributed by atoms with van der Waals surface area (Å²) >= 11 is 0. The molecule has 0 amide bonds. The molecule has 4 aromatic rings. The molecule has 192 valence electrons. The van der Waals surface area contributed by atoms with Crippen molar-refractivity contribution in [1.29, 1.82) is 5.26 Å². The van der Waals surface area contributed by atoms with Crippen molar-refractivity contribution in [2.75, 3.05) is 18.8 Å². The first-order valence-electron chi connectivity index (χ1n) is 12.4. The number of nitrogens with zero attached hydrogens (tertiary/aromatic N) is 8. The summed E-state index contributed by atoms with van der Waals surface area (Å²) in [7, 11) is 0. The molecular weight excluding hydrogens is 482 g/mol. The Labute approximate surface area is 219 Å². The summed E-state index contributed by atoms with van der Waals surface area (Å²) in [6, 6.07) is 17.0. The van der Waals surface area contributed by atoms with E-state index in [-0.39, 0.29) is 17.9 Å². The molecule has 4 heterocycles. The third-order valence-corrected chi connectivity index (χ3v) is 6.84. The molecule has 1 aliphatic rings. The number of nitriles is 1. The largest absolute Gasteiger partial charge is 0.481 e. The van der Waals surface area contributed by atoms with E-state index in [0.717, 1.165) is 30.0 Å². The molecule has 0 spiro atoms.